The summed E-state index contributed by atoms with van der Waals surface area (Å²) in [7, 11) is 0. The maximum absolute atomic E-state index is 5.92. The Morgan fingerprint density at radius 1 is 1.36 bits per heavy atom. The molecule has 11 heavy (non-hydrogen) atoms. The number of nitrogens with two attached hydrogens (primary N) is 1. The SMILES string of the molecule is C[C@@H]1[C@@H](N)CCN1C(C)(C)C. The van der Waals surface area contributed by atoms with E-state index in [4.69, 9.17) is 5.73 Å². The van der Waals surface area contributed by atoms with Crippen molar-refractivity contribution in [3.8, 4) is 0 Å². The molecule has 2 N–H and O–H groups in total. The molecule has 0 aromatic heterocycles. The van der Waals surface area contributed by atoms with Crippen molar-refractivity contribution in [1.82, 2.24) is 4.90 Å². The number of hydrogen-bond donors (Lipinski definition) is 1. The first-order chi connectivity index (χ1) is 4.93. The molecular weight excluding hydrogens is 136 g/mol. The average molecular weight is 156 g/mol. The van der Waals surface area contributed by atoms with Gasteiger partial charge in [0.1, 0.15) is 0 Å². The van der Waals surface area contributed by atoms with E-state index in [2.05, 4.69) is 32.6 Å². The Morgan fingerprint density at radius 3 is 2.09 bits per heavy atom. The molecular formula is C9H20N2. The van der Waals surface area contributed by atoms with Crippen LogP contribution in [0.25, 0.3) is 0 Å². The molecule has 0 radical (unpaired) electrons. The minimum Gasteiger partial charge on any atom is -0.326 e. The normalized spacial score (nSPS) is 34.6. The summed E-state index contributed by atoms with van der Waals surface area (Å²) < 4.78 is 0. The van der Waals surface area contributed by atoms with E-state index in [1.165, 1.54) is 0 Å². The minimum absolute atomic E-state index is 0.285. The molecule has 0 saturated carbocycles. The van der Waals surface area contributed by atoms with Crippen LogP contribution in [0.5, 0.6) is 0 Å². The second-order valence-electron chi connectivity index (χ2n) is 4.56. The summed E-state index contributed by atoms with van der Waals surface area (Å²) in [4.78, 5) is 2.48. The Labute approximate surface area is 69.8 Å². The number of nitrogens with zero attached hydrogens (tertiary/aromatic N) is 1. The molecule has 0 aliphatic carbocycles. The molecule has 1 aliphatic heterocycles. The molecule has 0 spiro atoms. The smallest absolute Gasteiger partial charge is 0.0224 e. The molecule has 66 valence electrons. The van der Waals surface area contributed by atoms with Crippen molar-refractivity contribution in [2.75, 3.05) is 6.54 Å². The summed E-state index contributed by atoms with van der Waals surface area (Å²) in [5.41, 5.74) is 6.21. The van der Waals surface area contributed by atoms with Crippen molar-refractivity contribution in [2.45, 2.75) is 51.7 Å². The summed E-state index contributed by atoms with van der Waals surface area (Å²) in [5, 5.41) is 0. The lowest BCUT2D eigenvalue weighted by molar-refractivity contribution is 0.126. The quantitative estimate of drug-likeness (QED) is 0.571. The Kier molecular flexibility index (Phi) is 2.26. The van der Waals surface area contributed by atoms with E-state index in [0.29, 0.717) is 12.1 Å². The highest BCUT2D eigenvalue weighted by atomic mass is 15.2. The van der Waals surface area contributed by atoms with E-state index in [0.717, 1.165) is 13.0 Å². The Hall–Kier alpha value is -0.0800. The van der Waals surface area contributed by atoms with Crippen LogP contribution in [0.15, 0.2) is 0 Å². The highest BCUT2D eigenvalue weighted by molar-refractivity contribution is 4.92. The van der Waals surface area contributed by atoms with Crippen LogP contribution in [0.2, 0.25) is 0 Å². The van der Waals surface area contributed by atoms with Gasteiger partial charge in [0.15, 0.2) is 0 Å². The van der Waals surface area contributed by atoms with Gasteiger partial charge in [-0.3, -0.25) is 4.90 Å². The molecule has 1 heterocycles. The lowest BCUT2D eigenvalue weighted by Gasteiger charge is -2.36. The maximum Gasteiger partial charge on any atom is 0.0224 e. The lowest BCUT2D eigenvalue weighted by atomic mass is 10.0. The van der Waals surface area contributed by atoms with Crippen LogP contribution in [-0.4, -0.2) is 29.1 Å². The summed E-state index contributed by atoms with van der Waals surface area (Å²) in [5.74, 6) is 0. The third-order valence-electron chi connectivity index (χ3n) is 2.68. The van der Waals surface area contributed by atoms with Crippen molar-refractivity contribution < 1.29 is 0 Å². The molecule has 2 nitrogen and oxygen atoms in total. The molecule has 2 heteroatoms. The minimum atomic E-state index is 0.285. The van der Waals surface area contributed by atoms with Gasteiger partial charge in [0, 0.05) is 24.2 Å². The molecule has 1 rings (SSSR count). The van der Waals surface area contributed by atoms with Crippen molar-refractivity contribution >= 4 is 0 Å². The average Bonchev–Trinajstić information content (AvgIpc) is 2.11. The van der Waals surface area contributed by atoms with Gasteiger partial charge in [-0.2, -0.15) is 0 Å². The van der Waals surface area contributed by atoms with Crippen LogP contribution in [0.3, 0.4) is 0 Å². The predicted molar refractivity (Wildman–Crippen MR) is 48.5 cm³/mol. The van der Waals surface area contributed by atoms with Crippen LogP contribution in [-0.2, 0) is 0 Å². The fourth-order valence-electron chi connectivity index (χ4n) is 1.91. The second kappa shape index (κ2) is 2.76. The number of hydrogen-bond acceptors (Lipinski definition) is 2. The number of likely N-dealkylation sites (tertiary alicyclic amines) is 1. The zero-order chi connectivity index (χ0) is 8.65. The van der Waals surface area contributed by atoms with Crippen LogP contribution in [0.4, 0.5) is 0 Å². The standard InChI is InChI=1S/C9H20N2/c1-7-8(10)5-6-11(7)9(2,3)4/h7-8H,5-6,10H2,1-4H3/t7-,8+/m1/s1. The van der Waals surface area contributed by atoms with E-state index in [9.17, 15) is 0 Å². The zero-order valence-electron chi connectivity index (χ0n) is 8.09. The van der Waals surface area contributed by atoms with E-state index in [1.54, 1.807) is 0 Å². The molecule has 1 aliphatic rings. The van der Waals surface area contributed by atoms with Crippen LogP contribution < -0.4 is 5.73 Å². The largest absolute Gasteiger partial charge is 0.326 e. The molecule has 0 aromatic rings. The van der Waals surface area contributed by atoms with Gasteiger partial charge in [-0.1, -0.05) is 0 Å². The van der Waals surface area contributed by atoms with Crippen LogP contribution >= 0.6 is 0 Å². The first kappa shape index (κ1) is 9.01. The highest BCUT2D eigenvalue weighted by Crippen LogP contribution is 2.24. The van der Waals surface area contributed by atoms with Crippen molar-refractivity contribution in [1.29, 1.82) is 0 Å². The van der Waals surface area contributed by atoms with Gasteiger partial charge in [0.25, 0.3) is 0 Å². The topological polar surface area (TPSA) is 29.3 Å². The molecule has 0 unspecified atom stereocenters. The molecule has 0 aromatic carbocycles. The van der Waals surface area contributed by atoms with Crippen LogP contribution in [0, 0.1) is 0 Å². The fourth-order valence-corrected chi connectivity index (χ4v) is 1.91. The third kappa shape index (κ3) is 1.74. The van der Waals surface area contributed by atoms with Gasteiger partial charge in [0.05, 0.1) is 0 Å². The van der Waals surface area contributed by atoms with Crippen LogP contribution in [0.1, 0.15) is 34.1 Å². The summed E-state index contributed by atoms with van der Waals surface area (Å²) in [6.07, 6.45) is 1.15. The first-order valence-electron chi connectivity index (χ1n) is 4.45. The predicted octanol–water partition coefficient (Wildman–Crippen LogP) is 1.21. The highest BCUT2D eigenvalue weighted by Gasteiger charge is 2.34. The van der Waals surface area contributed by atoms with E-state index >= 15 is 0 Å². The van der Waals surface area contributed by atoms with Gasteiger partial charge < -0.3 is 5.73 Å². The van der Waals surface area contributed by atoms with Crippen molar-refractivity contribution in [3.63, 3.8) is 0 Å². The van der Waals surface area contributed by atoms with Gasteiger partial charge in [-0.05, 0) is 34.1 Å². The monoisotopic (exact) mass is 156 g/mol. The van der Waals surface area contributed by atoms with E-state index < -0.39 is 0 Å². The first-order valence-corrected chi connectivity index (χ1v) is 4.45. The summed E-state index contributed by atoms with van der Waals surface area (Å²) in [6.45, 7) is 10.1. The number of rotatable bonds is 0. The zero-order valence-corrected chi connectivity index (χ0v) is 8.09. The Bertz CT molecular complexity index is 137. The summed E-state index contributed by atoms with van der Waals surface area (Å²) in [6, 6.07) is 0.934. The van der Waals surface area contributed by atoms with Crippen molar-refractivity contribution in [3.05, 3.63) is 0 Å². The van der Waals surface area contributed by atoms with Gasteiger partial charge in [-0.15, -0.1) is 0 Å². The molecule has 0 bridgehead atoms. The molecule has 1 fully saturated rings. The molecule has 2 atom stereocenters. The van der Waals surface area contributed by atoms with Gasteiger partial charge >= 0.3 is 0 Å². The second-order valence-corrected chi connectivity index (χ2v) is 4.56. The molecule has 0 amide bonds. The fraction of sp³-hybridized carbons (Fsp3) is 1.00. The Balaban J connectivity index is 2.62. The molecule has 1 saturated heterocycles. The Morgan fingerprint density at radius 2 is 1.91 bits per heavy atom. The van der Waals surface area contributed by atoms with E-state index in [-0.39, 0.29) is 5.54 Å². The van der Waals surface area contributed by atoms with Crippen molar-refractivity contribution in [2.24, 2.45) is 5.73 Å². The summed E-state index contributed by atoms with van der Waals surface area (Å²) >= 11 is 0. The third-order valence-corrected chi connectivity index (χ3v) is 2.68. The lowest BCUT2D eigenvalue weighted by Crippen LogP contribution is -2.47. The van der Waals surface area contributed by atoms with Gasteiger partial charge in [-0.25, -0.2) is 0 Å². The maximum atomic E-state index is 5.92. The van der Waals surface area contributed by atoms with E-state index in [1.807, 2.05) is 0 Å². The van der Waals surface area contributed by atoms with Gasteiger partial charge in [0.2, 0.25) is 0 Å².